The summed E-state index contributed by atoms with van der Waals surface area (Å²) in [6.45, 7) is 2.55. The number of carbonyl (C=O) groups excluding carboxylic acids is 1. The van der Waals surface area contributed by atoms with E-state index in [1.807, 2.05) is 30.3 Å². The Morgan fingerprint density at radius 1 is 1.15 bits per heavy atom. The maximum absolute atomic E-state index is 12.4. The van der Waals surface area contributed by atoms with Gasteiger partial charge in [-0.05, 0) is 49.7 Å². The van der Waals surface area contributed by atoms with Crippen molar-refractivity contribution in [3.8, 4) is 0 Å². The zero-order valence-corrected chi connectivity index (χ0v) is 16.4. The Hall–Kier alpha value is -1.92. The van der Waals surface area contributed by atoms with E-state index in [9.17, 15) is 4.79 Å². The summed E-state index contributed by atoms with van der Waals surface area (Å²) < 4.78 is 0. The lowest BCUT2D eigenvalue weighted by Crippen LogP contribution is -2.43. The monoisotopic (exact) mass is 386 g/mol. The van der Waals surface area contributed by atoms with Crippen LogP contribution in [0.25, 0.3) is 0 Å². The first-order valence-corrected chi connectivity index (χ1v) is 9.76. The number of halogens is 1. The summed E-state index contributed by atoms with van der Waals surface area (Å²) in [5, 5.41) is 3.75. The molecule has 1 saturated heterocycles. The van der Waals surface area contributed by atoms with Crippen molar-refractivity contribution in [3.63, 3.8) is 0 Å². The molecular formula is C21H27ClN4O. The van der Waals surface area contributed by atoms with E-state index in [4.69, 9.17) is 11.6 Å². The van der Waals surface area contributed by atoms with Crippen LogP contribution in [0.2, 0.25) is 5.02 Å². The predicted octanol–water partition coefficient (Wildman–Crippen LogP) is 2.89. The van der Waals surface area contributed by atoms with Gasteiger partial charge in [-0.15, -0.1) is 0 Å². The fraction of sp³-hybridized carbons (Fsp3) is 0.381. The van der Waals surface area contributed by atoms with Gasteiger partial charge in [-0.2, -0.15) is 0 Å². The number of hydrogen-bond donors (Lipinski definition) is 3. The van der Waals surface area contributed by atoms with Gasteiger partial charge < -0.3 is 10.2 Å². The third-order valence-electron chi connectivity index (χ3n) is 4.80. The van der Waals surface area contributed by atoms with E-state index >= 15 is 0 Å². The standard InChI is InChI=1S/C21H27ClN4O/c1-26(15-16-6-3-2-4-7-16)13-5-12-23-21(27)20-14-19(24-25-20)17-8-10-18(22)11-9-17/h2-4,6-11,19-20,24-25H,5,12-15H2,1H3,(H,23,27). The molecule has 1 amide bonds. The normalized spacial score (nSPS) is 19.4. The van der Waals surface area contributed by atoms with Crippen molar-refractivity contribution >= 4 is 17.5 Å². The smallest absolute Gasteiger partial charge is 0.238 e. The average Bonchev–Trinajstić information content (AvgIpc) is 3.17. The second kappa shape index (κ2) is 9.85. The molecule has 0 aromatic heterocycles. The molecule has 5 nitrogen and oxygen atoms in total. The van der Waals surface area contributed by atoms with Gasteiger partial charge in [-0.1, -0.05) is 54.1 Å². The molecule has 6 heteroatoms. The van der Waals surface area contributed by atoms with Gasteiger partial charge in [0.1, 0.15) is 6.04 Å². The molecule has 1 aliphatic heterocycles. The van der Waals surface area contributed by atoms with Crippen molar-refractivity contribution in [3.05, 3.63) is 70.7 Å². The zero-order chi connectivity index (χ0) is 19.1. The molecule has 1 aliphatic rings. The highest BCUT2D eigenvalue weighted by molar-refractivity contribution is 6.30. The molecule has 1 heterocycles. The van der Waals surface area contributed by atoms with E-state index in [2.05, 4.69) is 52.4 Å². The molecule has 144 valence electrons. The Morgan fingerprint density at radius 2 is 1.89 bits per heavy atom. The Labute approximate surface area is 166 Å². The Kier molecular flexibility index (Phi) is 7.24. The van der Waals surface area contributed by atoms with Gasteiger partial charge in [-0.3, -0.25) is 4.79 Å². The second-order valence-corrected chi connectivity index (χ2v) is 7.49. The van der Waals surface area contributed by atoms with E-state index < -0.39 is 0 Å². The number of amides is 1. The summed E-state index contributed by atoms with van der Waals surface area (Å²) >= 11 is 5.93. The highest BCUT2D eigenvalue weighted by Gasteiger charge is 2.29. The molecule has 0 saturated carbocycles. The Bertz CT molecular complexity index is 723. The molecular weight excluding hydrogens is 360 g/mol. The quantitative estimate of drug-likeness (QED) is 0.610. The first kappa shape index (κ1) is 19.8. The Morgan fingerprint density at radius 3 is 2.63 bits per heavy atom. The van der Waals surface area contributed by atoms with Crippen LogP contribution in [0.5, 0.6) is 0 Å². The number of hydrogen-bond acceptors (Lipinski definition) is 4. The van der Waals surface area contributed by atoms with Crippen LogP contribution in [0.1, 0.15) is 30.0 Å². The molecule has 2 aromatic rings. The fourth-order valence-electron chi connectivity index (χ4n) is 3.30. The van der Waals surface area contributed by atoms with Crippen molar-refractivity contribution in [2.24, 2.45) is 0 Å². The number of hydrazine groups is 1. The van der Waals surface area contributed by atoms with Crippen molar-refractivity contribution in [2.45, 2.75) is 31.5 Å². The van der Waals surface area contributed by atoms with E-state index in [1.54, 1.807) is 0 Å². The summed E-state index contributed by atoms with van der Waals surface area (Å²) in [7, 11) is 2.11. The van der Waals surface area contributed by atoms with Crippen LogP contribution in [0, 0.1) is 0 Å². The van der Waals surface area contributed by atoms with Crippen LogP contribution in [0.4, 0.5) is 0 Å². The van der Waals surface area contributed by atoms with Gasteiger partial charge in [0.2, 0.25) is 5.91 Å². The second-order valence-electron chi connectivity index (χ2n) is 7.05. The van der Waals surface area contributed by atoms with Crippen LogP contribution >= 0.6 is 11.6 Å². The molecule has 27 heavy (non-hydrogen) atoms. The number of benzene rings is 2. The molecule has 1 fully saturated rings. The van der Waals surface area contributed by atoms with Gasteiger partial charge in [0, 0.05) is 24.2 Å². The molecule has 0 bridgehead atoms. The van der Waals surface area contributed by atoms with Gasteiger partial charge in [0.05, 0.1) is 0 Å². The summed E-state index contributed by atoms with van der Waals surface area (Å²) in [5.41, 5.74) is 8.73. The molecule has 2 unspecified atom stereocenters. The molecule has 2 atom stereocenters. The first-order chi connectivity index (χ1) is 13.1. The van der Waals surface area contributed by atoms with Gasteiger partial charge in [0.25, 0.3) is 0 Å². The number of nitrogens with zero attached hydrogens (tertiary/aromatic N) is 1. The molecule has 3 N–H and O–H groups in total. The van der Waals surface area contributed by atoms with Gasteiger partial charge in [-0.25, -0.2) is 10.9 Å². The highest BCUT2D eigenvalue weighted by atomic mass is 35.5. The zero-order valence-electron chi connectivity index (χ0n) is 15.6. The van der Waals surface area contributed by atoms with Crippen LogP contribution < -0.4 is 16.2 Å². The van der Waals surface area contributed by atoms with E-state index in [0.29, 0.717) is 6.54 Å². The summed E-state index contributed by atoms with van der Waals surface area (Å²) in [6, 6.07) is 18.0. The number of rotatable bonds is 8. The van der Waals surface area contributed by atoms with E-state index in [0.717, 1.165) is 36.5 Å². The van der Waals surface area contributed by atoms with Crippen molar-refractivity contribution in [1.82, 2.24) is 21.1 Å². The van der Waals surface area contributed by atoms with E-state index in [-0.39, 0.29) is 18.0 Å². The minimum absolute atomic E-state index is 0.0460. The van der Waals surface area contributed by atoms with Gasteiger partial charge >= 0.3 is 0 Å². The topological polar surface area (TPSA) is 56.4 Å². The largest absolute Gasteiger partial charge is 0.355 e. The lowest BCUT2D eigenvalue weighted by Gasteiger charge is -2.17. The molecule has 2 aromatic carbocycles. The lowest BCUT2D eigenvalue weighted by atomic mass is 10.0. The Balaban J connectivity index is 1.34. The van der Waals surface area contributed by atoms with Crippen LogP contribution in [-0.4, -0.2) is 37.0 Å². The van der Waals surface area contributed by atoms with Crippen LogP contribution in [-0.2, 0) is 11.3 Å². The molecule has 3 rings (SSSR count). The van der Waals surface area contributed by atoms with Crippen LogP contribution in [0.15, 0.2) is 54.6 Å². The maximum atomic E-state index is 12.4. The molecule has 0 aliphatic carbocycles. The van der Waals surface area contributed by atoms with Crippen LogP contribution in [0.3, 0.4) is 0 Å². The SMILES string of the molecule is CN(CCCNC(=O)C1CC(c2ccc(Cl)cc2)NN1)Cc1ccccc1. The van der Waals surface area contributed by atoms with E-state index in [1.165, 1.54) is 5.56 Å². The van der Waals surface area contributed by atoms with Crippen molar-refractivity contribution < 1.29 is 4.79 Å². The molecule has 0 radical (unpaired) electrons. The number of nitrogens with one attached hydrogen (secondary N) is 3. The van der Waals surface area contributed by atoms with Crippen molar-refractivity contribution in [1.29, 1.82) is 0 Å². The summed E-state index contributed by atoms with van der Waals surface area (Å²) in [4.78, 5) is 14.6. The summed E-state index contributed by atoms with van der Waals surface area (Å²) in [6.07, 6.45) is 1.65. The van der Waals surface area contributed by atoms with Crippen molar-refractivity contribution in [2.75, 3.05) is 20.1 Å². The fourth-order valence-corrected chi connectivity index (χ4v) is 3.43. The predicted molar refractivity (Wildman–Crippen MR) is 109 cm³/mol. The highest BCUT2D eigenvalue weighted by Crippen LogP contribution is 2.23. The minimum Gasteiger partial charge on any atom is -0.355 e. The first-order valence-electron chi connectivity index (χ1n) is 9.38. The number of carbonyl (C=O) groups is 1. The minimum atomic E-state index is -0.215. The third-order valence-corrected chi connectivity index (χ3v) is 5.06. The summed E-state index contributed by atoms with van der Waals surface area (Å²) in [5.74, 6) is 0.0460. The molecule has 0 spiro atoms. The van der Waals surface area contributed by atoms with Gasteiger partial charge in [0.15, 0.2) is 0 Å². The maximum Gasteiger partial charge on any atom is 0.238 e. The lowest BCUT2D eigenvalue weighted by molar-refractivity contribution is -0.122. The third kappa shape index (κ3) is 6.04. The average molecular weight is 387 g/mol.